The van der Waals surface area contributed by atoms with E-state index in [2.05, 4.69) is 19.1 Å². The third kappa shape index (κ3) is 2.22. The molecule has 102 valence electrons. The predicted molar refractivity (Wildman–Crippen MR) is 79.3 cm³/mol. The molecular formula is C18H18O2. The van der Waals surface area contributed by atoms with Crippen LogP contribution in [0.15, 0.2) is 42.5 Å². The van der Waals surface area contributed by atoms with Gasteiger partial charge in [0, 0.05) is 0 Å². The van der Waals surface area contributed by atoms with E-state index in [-0.39, 0.29) is 11.9 Å². The summed E-state index contributed by atoms with van der Waals surface area (Å²) in [5, 5.41) is 0. The molecule has 20 heavy (non-hydrogen) atoms. The molecule has 1 unspecified atom stereocenters. The van der Waals surface area contributed by atoms with Gasteiger partial charge in [-0.15, -0.1) is 0 Å². The summed E-state index contributed by atoms with van der Waals surface area (Å²) in [5.74, 6) is 0.883. The molecule has 0 bridgehead atoms. The lowest BCUT2D eigenvalue weighted by Gasteiger charge is -2.27. The van der Waals surface area contributed by atoms with Crippen LogP contribution in [0.1, 0.15) is 46.5 Å². The third-order valence-electron chi connectivity index (χ3n) is 3.86. The normalized spacial score (nSPS) is 17.5. The molecule has 2 aromatic carbocycles. The number of benzene rings is 2. The van der Waals surface area contributed by atoms with Crippen LogP contribution in [0.2, 0.25) is 0 Å². The van der Waals surface area contributed by atoms with Crippen molar-refractivity contribution in [3.63, 3.8) is 0 Å². The van der Waals surface area contributed by atoms with Crippen molar-refractivity contribution >= 4 is 5.78 Å². The minimum atomic E-state index is -0.158. The number of ether oxygens (including phenoxy) is 1. The van der Waals surface area contributed by atoms with Crippen LogP contribution >= 0.6 is 0 Å². The van der Waals surface area contributed by atoms with Crippen LogP contribution < -0.4 is 4.74 Å². The molecule has 0 saturated heterocycles. The van der Waals surface area contributed by atoms with Crippen molar-refractivity contribution < 1.29 is 9.53 Å². The van der Waals surface area contributed by atoms with Gasteiger partial charge in [-0.1, -0.05) is 42.8 Å². The Morgan fingerprint density at radius 2 is 2.00 bits per heavy atom. The minimum absolute atomic E-state index is 0.158. The first-order valence-electron chi connectivity index (χ1n) is 7.07. The predicted octanol–water partition coefficient (Wildman–Crippen LogP) is 4.26. The average molecular weight is 266 g/mol. The molecule has 0 aliphatic carbocycles. The van der Waals surface area contributed by atoms with Crippen LogP contribution in [-0.2, 0) is 6.42 Å². The van der Waals surface area contributed by atoms with Gasteiger partial charge in [0.1, 0.15) is 11.9 Å². The maximum atomic E-state index is 12.3. The minimum Gasteiger partial charge on any atom is -0.484 e. The summed E-state index contributed by atoms with van der Waals surface area (Å²) in [6, 6.07) is 14.0. The molecule has 2 nitrogen and oxygen atoms in total. The second-order valence-corrected chi connectivity index (χ2v) is 5.29. The monoisotopic (exact) mass is 266 g/mol. The molecule has 2 heteroatoms. The Hall–Kier alpha value is -2.09. The lowest BCUT2D eigenvalue weighted by Crippen LogP contribution is -2.21. The number of Topliss-reactive ketones (excluding diaryl/α,β-unsaturated/α-hetero) is 1. The van der Waals surface area contributed by atoms with Crippen LogP contribution in [0.25, 0.3) is 0 Å². The van der Waals surface area contributed by atoms with Gasteiger partial charge in [0.25, 0.3) is 0 Å². The van der Waals surface area contributed by atoms with Gasteiger partial charge in [-0.05, 0) is 36.6 Å². The van der Waals surface area contributed by atoms with Gasteiger partial charge in [-0.3, -0.25) is 4.79 Å². The Kier molecular flexibility index (Phi) is 3.31. The number of hydrogen-bond donors (Lipinski definition) is 0. The molecule has 0 amide bonds. The van der Waals surface area contributed by atoms with Crippen LogP contribution in [0.3, 0.4) is 0 Å². The van der Waals surface area contributed by atoms with Crippen LogP contribution in [0, 0.1) is 6.92 Å². The van der Waals surface area contributed by atoms with E-state index in [9.17, 15) is 4.79 Å². The molecule has 0 fully saturated rings. The van der Waals surface area contributed by atoms with E-state index in [0.29, 0.717) is 12.2 Å². The maximum absolute atomic E-state index is 12.3. The highest BCUT2D eigenvalue weighted by atomic mass is 16.5. The smallest absolute Gasteiger partial charge is 0.170 e. The number of aryl methyl sites for hydroxylation is 2. The Morgan fingerprint density at radius 1 is 1.20 bits per heavy atom. The SMILES string of the molecule is CCc1ccccc1C1CC(=O)c2cc(C)ccc2O1. The number of carbonyl (C=O) groups excluding carboxylic acids is 1. The quantitative estimate of drug-likeness (QED) is 0.811. The highest BCUT2D eigenvalue weighted by molar-refractivity contribution is 6.00. The van der Waals surface area contributed by atoms with Crippen molar-refractivity contribution in [1.82, 2.24) is 0 Å². The first-order chi connectivity index (χ1) is 9.69. The summed E-state index contributed by atoms with van der Waals surface area (Å²) in [6.07, 6.45) is 1.21. The number of carbonyl (C=O) groups is 1. The molecule has 3 rings (SSSR count). The Labute approximate surface area is 119 Å². The second-order valence-electron chi connectivity index (χ2n) is 5.29. The summed E-state index contributed by atoms with van der Waals surface area (Å²) in [5.41, 5.74) is 4.19. The summed E-state index contributed by atoms with van der Waals surface area (Å²) in [7, 11) is 0. The van der Waals surface area contributed by atoms with Gasteiger partial charge < -0.3 is 4.74 Å². The molecular weight excluding hydrogens is 248 g/mol. The maximum Gasteiger partial charge on any atom is 0.170 e. The number of hydrogen-bond acceptors (Lipinski definition) is 2. The van der Waals surface area contributed by atoms with E-state index in [0.717, 1.165) is 23.1 Å². The van der Waals surface area contributed by atoms with Gasteiger partial charge >= 0.3 is 0 Å². The van der Waals surface area contributed by atoms with Crippen molar-refractivity contribution in [3.05, 3.63) is 64.7 Å². The lowest BCUT2D eigenvalue weighted by atomic mass is 9.92. The highest BCUT2D eigenvalue weighted by Gasteiger charge is 2.28. The largest absolute Gasteiger partial charge is 0.484 e. The molecule has 0 saturated carbocycles. The average Bonchev–Trinajstić information content (AvgIpc) is 2.47. The molecule has 2 aromatic rings. The molecule has 0 radical (unpaired) electrons. The van der Waals surface area contributed by atoms with E-state index in [1.54, 1.807) is 0 Å². The van der Waals surface area contributed by atoms with Crippen LogP contribution in [0.5, 0.6) is 5.75 Å². The molecule has 1 aliphatic rings. The first-order valence-corrected chi connectivity index (χ1v) is 7.07. The van der Waals surface area contributed by atoms with E-state index < -0.39 is 0 Å². The summed E-state index contributed by atoms with van der Waals surface area (Å²) in [6.45, 7) is 4.12. The highest BCUT2D eigenvalue weighted by Crippen LogP contribution is 2.36. The zero-order chi connectivity index (χ0) is 14.1. The second kappa shape index (κ2) is 5.12. The Bertz CT molecular complexity index is 658. The number of fused-ring (bicyclic) bond motifs is 1. The lowest BCUT2D eigenvalue weighted by molar-refractivity contribution is 0.0849. The van der Waals surface area contributed by atoms with E-state index in [1.807, 2.05) is 37.3 Å². The van der Waals surface area contributed by atoms with Crippen molar-refractivity contribution in [1.29, 1.82) is 0 Å². The van der Waals surface area contributed by atoms with Crippen LogP contribution in [0.4, 0.5) is 0 Å². The van der Waals surface area contributed by atoms with Crippen LogP contribution in [-0.4, -0.2) is 5.78 Å². The van der Waals surface area contributed by atoms with Gasteiger partial charge in [0.15, 0.2) is 5.78 Å². The van der Waals surface area contributed by atoms with Gasteiger partial charge in [-0.25, -0.2) is 0 Å². The van der Waals surface area contributed by atoms with E-state index in [1.165, 1.54) is 5.56 Å². The Balaban J connectivity index is 1.99. The number of ketones is 1. The molecule has 1 heterocycles. The topological polar surface area (TPSA) is 26.3 Å². The van der Waals surface area contributed by atoms with E-state index >= 15 is 0 Å². The Morgan fingerprint density at radius 3 is 2.80 bits per heavy atom. The standard InChI is InChI=1S/C18H18O2/c1-3-13-6-4-5-7-14(13)18-11-16(19)15-10-12(2)8-9-17(15)20-18/h4-10,18H,3,11H2,1-2H3. The van der Waals surface area contributed by atoms with E-state index in [4.69, 9.17) is 4.74 Å². The third-order valence-corrected chi connectivity index (χ3v) is 3.86. The zero-order valence-electron chi connectivity index (χ0n) is 11.8. The zero-order valence-corrected chi connectivity index (χ0v) is 11.8. The summed E-state index contributed by atoms with van der Waals surface area (Å²) < 4.78 is 6.07. The fraction of sp³-hybridized carbons (Fsp3) is 0.278. The van der Waals surface area contributed by atoms with Crippen molar-refractivity contribution in [3.8, 4) is 5.75 Å². The molecule has 0 spiro atoms. The molecule has 1 atom stereocenters. The molecule has 1 aliphatic heterocycles. The van der Waals surface area contributed by atoms with Crippen molar-refractivity contribution in [2.75, 3.05) is 0 Å². The van der Waals surface area contributed by atoms with Gasteiger partial charge in [-0.2, -0.15) is 0 Å². The fourth-order valence-corrected chi connectivity index (χ4v) is 2.78. The van der Waals surface area contributed by atoms with Crippen molar-refractivity contribution in [2.24, 2.45) is 0 Å². The number of rotatable bonds is 2. The fourth-order valence-electron chi connectivity index (χ4n) is 2.78. The van der Waals surface area contributed by atoms with Gasteiger partial charge in [0.05, 0.1) is 12.0 Å². The molecule has 0 N–H and O–H groups in total. The van der Waals surface area contributed by atoms with Gasteiger partial charge in [0.2, 0.25) is 0 Å². The summed E-state index contributed by atoms with van der Waals surface area (Å²) in [4.78, 5) is 12.3. The molecule has 0 aromatic heterocycles. The summed E-state index contributed by atoms with van der Waals surface area (Å²) >= 11 is 0. The first kappa shape index (κ1) is 12.9. The van der Waals surface area contributed by atoms with Crippen molar-refractivity contribution in [2.45, 2.75) is 32.8 Å².